The van der Waals surface area contributed by atoms with Crippen LogP contribution in [0.2, 0.25) is 0 Å². The van der Waals surface area contributed by atoms with Gasteiger partial charge in [0.15, 0.2) is 11.5 Å². The molecular formula is C21H16N2O4. The predicted octanol–water partition coefficient (Wildman–Crippen LogP) is 3.75. The van der Waals surface area contributed by atoms with Gasteiger partial charge in [-0.25, -0.2) is 4.79 Å². The lowest BCUT2D eigenvalue weighted by Gasteiger charge is -2.10. The third kappa shape index (κ3) is 4.97. The van der Waals surface area contributed by atoms with Gasteiger partial charge in [-0.15, -0.1) is 0 Å². The number of methoxy groups -OCH3 is 2. The van der Waals surface area contributed by atoms with E-state index in [0.29, 0.717) is 22.6 Å². The molecule has 0 saturated carbocycles. The monoisotopic (exact) mass is 360 g/mol. The van der Waals surface area contributed by atoms with Crippen LogP contribution in [0.3, 0.4) is 0 Å². The van der Waals surface area contributed by atoms with Crippen LogP contribution in [-0.2, 0) is 4.79 Å². The minimum Gasteiger partial charge on any atom is -0.496 e. The molecular weight excluding hydrogens is 344 g/mol. The molecule has 2 rings (SSSR count). The Morgan fingerprint density at radius 1 is 1.00 bits per heavy atom. The van der Waals surface area contributed by atoms with Crippen LogP contribution in [-0.4, -0.2) is 20.2 Å². The van der Waals surface area contributed by atoms with E-state index >= 15 is 0 Å². The highest BCUT2D eigenvalue weighted by molar-refractivity contribution is 5.99. The zero-order valence-electron chi connectivity index (χ0n) is 14.8. The first kappa shape index (κ1) is 19.3. The first-order valence-corrected chi connectivity index (χ1v) is 7.84. The van der Waals surface area contributed by atoms with Gasteiger partial charge in [-0.2, -0.15) is 10.5 Å². The van der Waals surface area contributed by atoms with Crippen LogP contribution < -0.4 is 14.2 Å². The van der Waals surface area contributed by atoms with Crippen LogP contribution in [0.25, 0.3) is 12.2 Å². The van der Waals surface area contributed by atoms with Crippen LogP contribution in [0.4, 0.5) is 0 Å². The summed E-state index contributed by atoms with van der Waals surface area (Å²) in [4.78, 5) is 12.4. The summed E-state index contributed by atoms with van der Waals surface area (Å²) < 4.78 is 15.7. The van der Waals surface area contributed by atoms with Crippen molar-refractivity contribution in [1.29, 1.82) is 10.5 Å². The summed E-state index contributed by atoms with van der Waals surface area (Å²) in [6, 6.07) is 15.6. The third-order valence-electron chi connectivity index (χ3n) is 3.52. The highest BCUT2D eigenvalue weighted by Crippen LogP contribution is 2.29. The minimum absolute atomic E-state index is 0.165. The average Bonchev–Trinajstić information content (AvgIpc) is 2.71. The molecule has 0 atom stereocenters. The molecule has 0 heterocycles. The number of esters is 1. The summed E-state index contributed by atoms with van der Waals surface area (Å²) in [6.45, 7) is 0. The molecule has 0 unspecified atom stereocenters. The van der Waals surface area contributed by atoms with E-state index in [9.17, 15) is 10.1 Å². The molecule has 6 nitrogen and oxygen atoms in total. The summed E-state index contributed by atoms with van der Waals surface area (Å²) >= 11 is 0. The molecule has 2 aromatic rings. The number of carbonyl (C=O) groups excluding carboxylic acids is 1. The molecule has 6 heteroatoms. The number of benzene rings is 2. The number of para-hydroxylation sites is 1. The number of allylic oxidation sites excluding steroid dienone is 1. The summed E-state index contributed by atoms with van der Waals surface area (Å²) in [7, 11) is 2.94. The van der Waals surface area contributed by atoms with Crippen LogP contribution >= 0.6 is 0 Å². The van der Waals surface area contributed by atoms with Crippen molar-refractivity contribution in [3.63, 3.8) is 0 Å². The molecule has 0 aliphatic heterocycles. The molecule has 0 spiro atoms. The van der Waals surface area contributed by atoms with Gasteiger partial charge in [-0.1, -0.05) is 24.3 Å². The highest BCUT2D eigenvalue weighted by Gasteiger charge is 2.16. The van der Waals surface area contributed by atoms with Crippen LogP contribution in [0, 0.1) is 22.7 Å². The summed E-state index contributed by atoms with van der Waals surface area (Å²) in [5.74, 6) is 0.182. The maximum atomic E-state index is 12.4. The standard InChI is InChI=1S/C21H16N2O4/c1-25-18-8-4-3-7-16(18)13-17(14-23)21(24)27-19-10-9-15(6-5-11-22)12-20(19)26-2/h3-10,12-13H,1-2H3/b6-5-,17-13+. The van der Waals surface area contributed by atoms with Crippen LogP contribution in [0.15, 0.2) is 54.1 Å². The Hall–Kier alpha value is -4.03. The van der Waals surface area contributed by atoms with E-state index in [2.05, 4.69) is 0 Å². The Balaban J connectivity index is 2.29. The summed E-state index contributed by atoms with van der Waals surface area (Å²) in [5, 5.41) is 17.9. The van der Waals surface area contributed by atoms with E-state index in [-0.39, 0.29) is 11.3 Å². The van der Waals surface area contributed by atoms with Crippen molar-refractivity contribution in [2.24, 2.45) is 0 Å². The van der Waals surface area contributed by atoms with Crippen LogP contribution in [0.1, 0.15) is 11.1 Å². The van der Waals surface area contributed by atoms with Gasteiger partial charge in [-0.3, -0.25) is 0 Å². The van der Waals surface area contributed by atoms with Crippen molar-refractivity contribution < 1.29 is 19.0 Å². The van der Waals surface area contributed by atoms with Crippen LogP contribution in [0.5, 0.6) is 17.2 Å². The van der Waals surface area contributed by atoms with Gasteiger partial charge in [0.05, 0.1) is 20.3 Å². The van der Waals surface area contributed by atoms with E-state index in [4.69, 9.17) is 19.5 Å². The molecule has 0 saturated heterocycles. The summed E-state index contributed by atoms with van der Waals surface area (Å²) in [6.07, 6.45) is 4.32. The lowest BCUT2D eigenvalue weighted by molar-refractivity contribution is -0.129. The fraction of sp³-hybridized carbons (Fsp3) is 0.0952. The maximum absolute atomic E-state index is 12.4. The predicted molar refractivity (Wildman–Crippen MR) is 99.9 cm³/mol. The second kappa shape index (κ2) is 9.45. The Kier molecular flexibility index (Phi) is 6.76. The topological polar surface area (TPSA) is 92.3 Å². The largest absolute Gasteiger partial charge is 0.496 e. The Bertz CT molecular complexity index is 978. The molecule has 0 aromatic heterocycles. The molecule has 2 aromatic carbocycles. The zero-order valence-corrected chi connectivity index (χ0v) is 14.8. The van der Waals surface area contributed by atoms with Crippen molar-refractivity contribution in [3.05, 3.63) is 65.2 Å². The second-order valence-electron chi connectivity index (χ2n) is 5.17. The number of carbonyl (C=O) groups is 1. The number of nitriles is 2. The van der Waals surface area contributed by atoms with Gasteiger partial charge in [0, 0.05) is 11.6 Å². The first-order valence-electron chi connectivity index (χ1n) is 7.84. The van der Waals surface area contributed by atoms with Gasteiger partial charge in [0.1, 0.15) is 17.4 Å². The Morgan fingerprint density at radius 2 is 1.74 bits per heavy atom. The Morgan fingerprint density at radius 3 is 2.41 bits per heavy atom. The number of nitrogens with zero attached hydrogens (tertiary/aromatic N) is 2. The molecule has 0 fully saturated rings. The smallest absolute Gasteiger partial charge is 0.354 e. The SMILES string of the molecule is COc1ccccc1/C=C(\C#N)C(=O)Oc1ccc(/C=C\C#N)cc1OC. The summed E-state index contributed by atoms with van der Waals surface area (Å²) in [5.41, 5.74) is 1.10. The second-order valence-corrected chi connectivity index (χ2v) is 5.17. The highest BCUT2D eigenvalue weighted by atomic mass is 16.6. The number of hydrogen-bond donors (Lipinski definition) is 0. The third-order valence-corrected chi connectivity index (χ3v) is 3.52. The van der Waals surface area contributed by atoms with Gasteiger partial charge in [0.2, 0.25) is 0 Å². The molecule has 27 heavy (non-hydrogen) atoms. The van der Waals surface area contributed by atoms with Crippen molar-refractivity contribution in [2.45, 2.75) is 0 Å². The van der Waals surface area contributed by atoms with Gasteiger partial charge >= 0.3 is 5.97 Å². The fourth-order valence-electron chi connectivity index (χ4n) is 2.24. The van der Waals surface area contributed by atoms with Crippen molar-refractivity contribution in [2.75, 3.05) is 14.2 Å². The van der Waals surface area contributed by atoms with E-state index in [1.54, 1.807) is 42.5 Å². The lowest BCUT2D eigenvalue weighted by Crippen LogP contribution is -2.11. The van der Waals surface area contributed by atoms with Gasteiger partial charge in [-0.05, 0) is 35.9 Å². The lowest BCUT2D eigenvalue weighted by atomic mass is 10.1. The molecule has 0 aliphatic carbocycles. The first-order chi connectivity index (χ1) is 13.1. The molecule has 0 radical (unpaired) electrons. The van der Waals surface area contributed by atoms with Crippen molar-refractivity contribution in [1.82, 2.24) is 0 Å². The minimum atomic E-state index is -0.818. The molecule has 0 amide bonds. The van der Waals surface area contributed by atoms with Gasteiger partial charge in [0.25, 0.3) is 0 Å². The van der Waals surface area contributed by atoms with E-state index in [0.717, 1.165) is 0 Å². The number of ether oxygens (including phenoxy) is 3. The Labute approximate surface area is 157 Å². The normalized spacial score (nSPS) is 10.7. The average molecular weight is 360 g/mol. The molecule has 0 bridgehead atoms. The zero-order chi connectivity index (χ0) is 19.6. The van der Waals surface area contributed by atoms with Crippen molar-refractivity contribution in [3.8, 4) is 29.4 Å². The molecule has 0 aliphatic rings. The number of rotatable bonds is 6. The van der Waals surface area contributed by atoms with Gasteiger partial charge < -0.3 is 14.2 Å². The van der Waals surface area contributed by atoms with Crippen molar-refractivity contribution >= 4 is 18.1 Å². The van der Waals surface area contributed by atoms with E-state index in [1.165, 1.54) is 32.4 Å². The fourth-order valence-corrected chi connectivity index (χ4v) is 2.24. The molecule has 0 N–H and O–H groups in total. The number of hydrogen-bond acceptors (Lipinski definition) is 6. The maximum Gasteiger partial charge on any atom is 0.354 e. The molecule has 134 valence electrons. The van der Waals surface area contributed by atoms with E-state index < -0.39 is 5.97 Å². The van der Waals surface area contributed by atoms with E-state index in [1.807, 2.05) is 12.1 Å². The quantitative estimate of drug-likeness (QED) is 0.337.